The van der Waals surface area contributed by atoms with Crippen LogP contribution in [0.1, 0.15) is 28.8 Å². The quantitative estimate of drug-likeness (QED) is 0.727. The molecule has 1 saturated carbocycles. The fourth-order valence-corrected chi connectivity index (χ4v) is 4.01. The molecular formula is C20H22N2O3S. The van der Waals surface area contributed by atoms with Crippen LogP contribution in [0.25, 0.3) is 0 Å². The highest BCUT2D eigenvalue weighted by atomic mass is 32.2. The van der Waals surface area contributed by atoms with Crippen LogP contribution in [-0.2, 0) is 16.6 Å². The number of nitrogens with one attached hydrogen (secondary N) is 1. The van der Waals surface area contributed by atoms with Gasteiger partial charge in [-0.1, -0.05) is 36.4 Å². The van der Waals surface area contributed by atoms with E-state index in [9.17, 15) is 13.2 Å². The summed E-state index contributed by atoms with van der Waals surface area (Å²) in [6.07, 6.45) is 3.65. The number of amides is 1. The molecule has 1 aliphatic rings. The Hall–Kier alpha value is -2.44. The van der Waals surface area contributed by atoms with Gasteiger partial charge < -0.3 is 5.32 Å². The minimum absolute atomic E-state index is 0.0843. The number of sulfonamides is 1. The van der Waals surface area contributed by atoms with Crippen LogP contribution in [0.4, 0.5) is 0 Å². The number of hydrogen-bond acceptors (Lipinski definition) is 3. The summed E-state index contributed by atoms with van der Waals surface area (Å²) < 4.78 is 27.1. The lowest BCUT2D eigenvalue weighted by Crippen LogP contribution is -2.31. The third-order valence-corrected chi connectivity index (χ3v) is 6.03. The van der Waals surface area contributed by atoms with Gasteiger partial charge in [0.1, 0.15) is 0 Å². The second-order valence-corrected chi connectivity index (χ2v) is 8.28. The normalized spacial score (nSPS) is 14.2. The molecule has 1 fully saturated rings. The highest BCUT2D eigenvalue weighted by Crippen LogP contribution is 2.20. The Morgan fingerprint density at radius 2 is 1.77 bits per heavy atom. The van der Waals surface area contributed by atoms with Crippen molar-refractivity contribution >= 4 is 15.9 Å². The van der Waals surface area contributed by atoms with Crippen LogP contribution < -0.4 is 5.32 Å². The van der Waals surface area contributed by atoms with Crippen molar-refractivity contribution in [2.45, 2.75) is 30.3 Å². The van der Waals surface area contributed by atoms with E-state index in [-0.39, 0.29) is 23.9 Å². The number of nitrogens with zero attached hydrogens (tertiary/aromatic N) is 1. The summed E-state index contributed by atoms with van der Waals surface area (Å²) in [6.45, 7) is 4.09. The van der Waals surface area contributed by atoms with Crippen LogP contribution in [0.5, 0.6) is 0 Å². The van der Waals surface area contributed by atoms with Gasteiger partial charge in [-0.2, -0.15) is 4.31 Å². The Bertz CT molecular complexity index is 873. The lowest BCUT2D eigenvalue weighted by atomic mass is 10.1. The van der Waals surface area contributed by atoms with Crippen molar-refractivity contribution in [3.05, 3.63) is 78.4 Å². The molecule has 2 aromatic rings. The lowest BCUT2D eigenvalue weighted by molar-refractivity contribution is 0.0951. The molecule has 2 aromatic carbocycles. The molecule has 1 N–H and O–H groups in total. The molecular weight excluding hydrogens is 348 g/mol. The maximum absolute atomic E-state index is 12.8. The van der Waals surface area contributed by atoms with Crippen molar-refractivity contribution < 1.29 is 13.2 Å². The predicted molar refractivity (Wildman–Crippen MR) is 101 cm³/mol. The maximum Gasteiger partial charge on any atom is 0.251 e. The molecule has 0 radical (unpaired) electrons. The van der Waals surface area contributed by atoms with Gasteiger partial charge in [0.05, 0.1) is 4.90 Å². The van der Waals surface area contributed by atoms with Gasteiger partial charge >= 0.3 is 0 Å². The molecule has 5 nitrogen and oxygen atoms in total. The van der Waals surface area contributed by atoms with Crippen LogP contribution >= 0.6 is 0 Å². The largest absolute Gasteiger partial charge is 0.349 e. The topological polar surface area (TPSA) is 66.5 Å². The SMILES string of the molecule is C=CCN(Cc1ccc(C(=O)NC2CC2)cc1)S(=O)(=O)c1ccccc1. The van der Waals surface area contributed by atoms with Crippen LogP contribution in [0.15, 0.2) is 72.1 Å². The Morgan fingerprint density at radius 1 is 1.12 bits per heavy atom. The molecule has 0 unspecified atom stereocenters. The van der Waals surface area contributed by atoms with Crippen LogP contribution in [0.2, 0.25) is 0 Å². The molecule has 0 aliphatic heterocycles. The second-order valence-electron chi connectivity index (χ2n) is 6.34. The highest BCUT2D eigenvalue weighted by molar-refractivity contribution is 7.89. The average molecular weight is 370 g/mol. The van der Waals surface area contributed by atoms with E-state index in [1.54, 1.807) is 60.7 Å². The maximum atomic E-state index is 12.8. The summed E-state index contributed by atoms with van der Waals surface area (Å²) >= 11 is 0. The van der Waals surface area contributed by atoms with Gasteiger partial charge in [0.25, 0.3) is 5.91 Å². The van der Waals surface area contributed by atoms with Gasteiger partial charge in [0.15, 0.2) is 0 Å². The zero-order chi connectivity index (χ0) is 18.6. The van der Waals surface area contributed by atoms with Crippen LogP contribution in [0, 0.1) is 0 Å². The predicted octanol–water partition coefficient (Wildman–Crippen LogP) is 2.96. The molecule has 1 aliphatic carbocycles. The first-order valence-corrected chi connectivity index (χ1v) is 10.0. The van der Waals surface area contributed by atoms with E-state index in [1.165, 1.54) is 4.31 Å². The number of carbonyl (C=O) groups excluding carboxylic acids is 1. The first kappa shape index (κ1) is 18.4. The molecule has 0 saturated heterocycles. The third-order valence-electron chi connectivity index (χ3n) is 4.20. The molecule has 0 atom stereocenters. The van der Waals surface area contributed by atoms with Crippen LogP contribution in [0.3, 0.4) is 0 Å². The lowest BCUT2D eigenvalue weighted by Gasteiger charge is -2.21. The Morgan fingerprint density at radius 3 is 2.35 bits per heavy atom. The second kappa shape index (κ2) is 7.85. The van der Waals surface area contributed by atoms with E-state index >= 15 is 0 Å². The fourth-order valence-electron chi connectivity index (χ4n) is 2.59. The molecule has 0 bridgehead atoms. The molecule has 26 heavy (non-hydrogen) atoms. The summed E-state index contributed by atoms with van der Waals surface area (Å²) in [5.74, 6) is -0.0843. The monoisotopic (exact) mass is 370 g/mol. The van der Waals surface area contributed by atoms with Gasteiger partial charge in [-0.3, -0.25) is 4.79 Å². The number of carbonyl (C=O) groups is 1. The first-order valence-electron chi connectivity index (χ1n) is 8.56. The highest BCUT2D eigenvalue weighted by Gasteiger charge is 2.25. The summed E-state index contributed by atoms with van der Waals surface area (Å²) in [5.41, 5.74) is 1.40. The summed E-state index contributed by atoms with van der Waals surface area (Å²) in [4.78, 5) is 12.3. The van der Waals surface area contributed by atoms with Crippen molar-refractivity contribution in [2.24, 2.45) is 0 Å². The van der Waals surface area contributed by atoms with E-state index in [1.807, 2.05) is 0 Å². The summed E-state index contributed by atoms with van der Waals surface area (Å²) in [6, 6.07) is 15.7. The number of benzene rings is 2. The third kappa shape index (κ3) is 4.39. The van der Waals surface area contributed by atoms with E-state index in [0.717, 1.165) is 18.4 Å². The smallest absolute Gasteiger partial charge is 0.251 e. The van der Waals surface area contributed by atoms with E-state index in [2.05, 4.69) is 11.9 Å². The van der Waals surface area contributed by atoms with E-state index in [0.29, 0.717) is 11.6 Å². The summed E-state index contributed by atoms with van der Waals surface area (Å²) in [7, 11) is -3.61. The van der Waals surface area contributed by atoms with Gasteiger partial charge in [0, 0.05) is 24.7 Å². The first-order chi connectivity index (χ1) is 12.5. The standard InChI is InChI=1S/C20H22N2O3S/c1-2-14-22(26(24,25)19-6-4-3-5-7-19)15-16-8-10-17(11-9-16)20(23)21-18-12-13-18/h2-11,18H,1,12-15H2,(H,21,23). The van der Waals surface area contributed by atoms with E-state index < -0.39 is 10.0 Å². The van der Waals surface area contributed by atoms with Crippen molar-refractivity contribution in [2.75, 3.05) is 6.54 Å². The number of rotatable bonds is 8. The molecule has 1 amide bonds. The molecule has 0 heterocycles. The van der Waals surface area contributed by atoms with Crippen molar-refractivity contribution in [3.63, 3.8) is 0 Å². The van der Waals surface area contributed by atoms with Crippen molar-refractivity contribution in [3.8, 4) is 0 Å². The molecule has 136 valence electrons. The molecule has 6 heteroatoms. The van der Waals surface area contributed by atoms with Crippen molar-refractivity contribution in [1.29, 1.82) is 0 Å². The Kier molecular flexibility index (Phi) is 5.54. The molecule has 3 rings (SSSR count). The Balaban J connectivity index is 1.75. The molecule has 0 spiro atoms. The Labute approximate surface area is 154 Å². The van der Waals surface area contributed by atoms with E-state index in [4.69, 9.17) is 0 Å². The van der Waals surface area contributed by atoms with Crippen LogP contribution in [-0.4, -0.2) is 31.2 Å². The van der Waals surface area contributed by atoms with Crippen molar-refractivity contribution in [1.82, 2.24) is 9.62 Å². The van der Waals surface area contributed by atoms with Gasteiger partial charge in [-0.05, 0) is 42.7 Å². The zero-order valence-electron chi connectivity index (χ0n) is 14.5. The van der Waals surface area contributed by atoms with Gasteiger partial charge in [0.2, 0.25) is 10.0 Å². The molecule has 0 aromatic heterocycles. The van der Waals surface area contributed by atoms with Gasteiger partial charge in [-0.15, -0.1) is 6.58 Å². The minimum Gasteiger partial charge on any atom is -0.349 e. The average Bonchev–Trinajstić information content (AvgIpc) is 3.46. The number of hydrogen-bond donors (Lipinski definition) is 1. The minimum atomic E-state index is -3.61. The fraction of sp³-hybridized carbons (Fsp3) is 0.250. The van der Waals surface area contributed by atoms with Gasteiger partial charge in [-0.25, -0.2) is 8.42 Å². The summed E-state index contributed by atoms with van der Waals surface area (Å²) in [5, 5.41) is 2.94. The zero-order valence-corrected chi connectivity index (χ0v) is 15.3.